The van der Waals surface area contributed by atoms with Crippen molar-refractivity contribution in [2.24, 2.45) is 0 Å². The largest absolute Gasteiger partial charge is 0.392 e. The molecule has 4 aromatic rings. The van der Waals surface area contributed by atoms with Gasteiger partial charge in [-0.25, -0.2) is 9.37 Å². The highest BCUT2D eigenvalue weighted by molar-refractivity contribution is 6.07. The van der Waals surface area contributed by atoms with Crippen molar-refractivity contribution in [2.45, 2.75) is 52.2 Å². The van der Waals surface area contributed by atoms with E-state index >= 15 is 4.39 Å². The van der Waals surface area contributed by atoms with Gasteiger partial charge in [0.2, 0.25) is 0 Å². The zero-order chi connectivity index (χ0) is 31.9. The first kappa shape index (κ1) is 30.2. The number of hydrogen-bond donors (Lipinski definition) is 3. The third-order valence-corrected chi connectivity index (χ3v) is 9.80. The van der Waals surface area contributed by atoms with Crippen molar-refractivity contribution in [1.29, 1.82) is 0 Å². The van der Waals surface area contributed by atoms with E-state index in [9.17, 15) is 14.7 Å². The van der Waals surface area contributed by atoms with E-state index in [2.05, 4.69) is 36.7 Å². The van der Waals surface area contributed by atoms with Crippen LogP contribution in [-0.2, 0) is 26.0 Å². The summed E-state index contributed by atoms with van der Waals surface area (Å²) in [6, 6.07) is 9.15. The number of aliphatic hydroxyl groups is 1. The van der Waals surface area contributed by atoms with Gasteiger partial charge >= 0.3 is 0 Å². The van der Waals surface area contributed by atoms with Gasteiger partial charge in [-0.2, -0.15) is 0 Å². The fourth-order valence-electron chi connectivity index (χ4n) is 7.23. The lowest BCUT2D eigenvalue weighted by Gasteiger charge is -2.32. The number of nitrogens with zero attached hydrogens (tertiary/aromatic N) is 5. The lowest BCUT2D eigenvalue weighted by Crippen LogP contribution is -2.41. The molecule has 10 nitrogen and oxygen atoms in total. The average Bonchev–Trinajstić information content (AvgIpc) is 3.31. The maximum atomic E-state index is 16.1. The lowest BCUT2D eigenvalue weighted by molar-refractivity contribution is 0.0964. The van der Waals surface area contributed by atoms with E-state index in [0.717, 1.165) is 64.0 Å². The molecular weight excluding hydrogens is 585 g/mol. The first-order valence-electron chi connectivity index (χ1n) is 16.2. The molecule has 0 saturated carbocycles. The molecule has 2 aliphatic heterocycles. The average molecular weight is 626 g/mol. The molecule has 0 atom stereocenters. The van der Waals surface area contributed by atoms with Crippen LogP contribution in [0.3, 0.4) is 0 Å². The smallest absolute Gasteiger partial charge is 0.274 e. The second kappa shape index (κ2) is 12.4. The second-order valence-electron chi connectivity index (χ2n) is 12.6. The monoisotopic (exact) mass is 625 g/mol. The molecule has 3 N–H and O–H groups in total. The lowest BCUT2D eigenvalue weighted by atomic mass is 9.96. The predicted molar refractivity (Wildman–Crippen MR) is 178 cm³/mol. The molecule has 46 heavy (non-hydrogen) atoms. The summed E-state index contributed by atoms with van der Waals surface area (Å²) in [5.41, 5.74) is 5.69. The Labute approximate surface area is 267 Å². The minimum absolute atomic E-state index is 0.124. The normalized spacial score (nSPS) is 17.1. The number of benzene rings is 1. The number of pyridine rings is 2. The SMILES string of the molecule is Cc1c(N2CCn3c(cc4c3CCCC4)C2=O)cc(-c2c[nH]c(=O)c(Nc3ncccc3N3CCCN(C)CC3)c2)c(F)c1CO. The van der Waals surface area contributed by atoms with Crippen LogP contribution in [0.5, 0.6) is 0 Å². The molecule has 0 spiro atoms. The van der Waals surface area contributed by atoms with Gasteiger partial charge in [-0.15, -0.1) is 0 Å². The number of aliphatic hydroxyl groups excluding tert-OH is 1. The Bertz CT molecular complexity index is 1870. The number of halogens is 1. The molecule has 7 rings (SSSR count). The summed E-state index contributed by atoms with van der Waals surface area (Å²) in [6.07, 6.45) is 8.37. The highest BCUT2D eigenvalue weighted by atomic mass is 19.1. The third kappa shape index (κ3) is 5.37. The van der Waals surface area contributed by atoms with Crippen LogP contribution < -0.4 is 20.7 Å². The van der Waals surface area contributed by atoms with Crippen LogP contribution in [0.2, 0.25) is 0 Å². The van der Waals surface area contributed by atoms with Gasteiger partial charge in [0.05, 0.1) is 12.3 Å². The van der Waals surface area contributed by atoms with E-state index in [1.54, 1.807) is 30.2 Å². The molecular formula is C35H40FN7O3. The minimum atomic E-state index is -0.586. The predicted octanol–water partition coefficient (Wildman–Crippen LogP) is 4.60. The van der Waals surface area contributed by atoms with Gasteiger partial charge in [-0.05, 0) is 94.1 Å². The zero-order valence-electron chi connectivity index (χ0n) is 26.4. The summed E-state index contributed by atoms with van der Waals surface area (Å²) >= 11 is 0. The van der Waals surface area contributed by atoms with Gasteiger partial charge < -0.3 is 34.7 Å². The summed E-state index contributed by atoms with van der Waals surface area (Å²) in [4.78, 5) is 40.5. The molecule has 0 radical (unpaired) electrons. The van der Waals surface area contributed by atoms with Crippen LogP contribution in [-0.4, -0.2) is 70.2 Å². The molecule has 1 fully saturated rings. The molecule has 0 bridgehead atoms. The summed E-state index contributed by atoms with van der Waals surface area (Å²) < 4.78 is 18.2. The molecule has 11 heteroatoms. The third-order valence-electron chi connectivity index (χ3n) is 9.80. The summed E-state index contributed by atoms with van der Waals surface area (Å²) in [5.74, 6) is -0.172. The van der Waals surface area contributed by atoms with Crippen LogP contribution >= 0.6 is 0 Å². The van der Waals surface area contributed by atoms with Crippen molar-refractivity contribution in [3.8, 4) is 11.1 Å². The van der Waals surface area contributed by atoms with Gasteiger partial charge in [-0.1, -0.05) is 0 Å². The van der Waals surface area contributed by atoms with Crippen molar-refractivity contribution in [3.63, 3.8) is 0 Å². The van der Waals surface area contributed by atoms with Crippen molar-refractivity contribution >= 4 is 28.8 Å². The highest BCUT2D eigenvalue weighted by Gasteiger charge is 2.32. The molecule has 240 valence electrons. The molecule has 1 amide bonds. The van der Waals surface area contributed by atoms with Crippen LogP contribution in [0.1, 0.15) is 52.1 Å². The Balaban J connectivity index is 1.24. The van der Waals surface area contributed by atoms with Crippen molar-refractivity contribution in [1.82, 2.24) is 19.4 Å². The summed E-state index contributed by atoms with van der Waals surface area (Å²) in [5, 5.41) is 13.5. The molecule has 1 aromatic carbocycles. The van der Waals surface area contributed by atoms with Crippen LogP contribution in [0.25, 0.3) is 11.1 Å². The Morgan fingerprint density at radius 2 is 1.85 bits per heavy atom. The molecule has 0 unspecified atom stereocenters. The standard InChI is InChI=1S/C35H40FN7O3/c1-22-26(21-44)32(36)25(19-30(22)43-16-15-42-28-8-4-3-7-23(28)18-31(42)35(43)46)24-17-27(34(45)38-20-24)39-33-29(9-5-10-37-33)41-12-6-11-40(2)13-14-41/h5,9-10,17-20,44H,3-4,6-8,11-16,21H2,1-2H3,(H,37,39)(H,38,45). The molecule has 1 aliphatic carbocycles. The molecule has 3 aliphatic rings. The van der Waals surface area contributed by atoms with Crippen LogP contribution in [0.4, 0.5) is 27.3 Å². The van der Waals surface area contributed by atoms with Gasteiger partial charge in [0, 0.05) is 73.2 Å². The Morgan fingerprint density at radius 3 is 2.70 bits per heavy atom. The van der Waals surface area contributed by atoms with E-state index in [0.29, 0.717) is 41.4 Å². The number of carbonyl (C=O) groups excluding carboxylic acids is 1. The number of nitrogens with one attached hydrogen (secondary N) is 2. The van der Waals surface area contributed by atoms with Crippen molar-refractivity contribution < 1.29 is 14.3 Å². The highest BCUT2D eigenvalue weighted by Crippen LogP contribution is 2.38. The molecule has 3 aromatic heterocycles. The second-order valence-corrected chi connectivity index (χ2v) is 12.6. The Morgan fingerprint density at radius 1 is 1.00 bits per heavy atom. The number of anilines is 4. The first-order chi connectivity index (χ1) is 22.3. The fourth-order valence-corrected chi connectivity index (χ4v) is 7.23. The van der Waals surface area contributed by atoms with Gasteiger partial charge in [0.25, 0.3) is 11.5 Å². The first-order valence-corrected chi connectivity index (χ1v) is 16.2. The molecule has 1 saturated heterocycles. The summed E-state index contributed by atoms with van der Waals surface area (Å²) in [6.45, 7) is 5.94. The van der Waals surface area contributed by atoms with E-state index < -0.39 is 12.4 Å². The van der Waals surface area contributed by atoms with E-state index in [-0.39, 0.29) is 28.3 Å². The number of likely N-dealkylation sites (N-methyl/N-ethyl adjacent to an activating group) is 1. The minimum Gasteiger partial charge on any atom is -0.392 e. The number of amides is 1. The molecule has 5 heterocycles. The quantitative estimate of drug-likeness (QED) is 0.287. The van der Waals surface area contributed by atoms with Gasteiger partial charge in [0.15, 0.2) is 5.82 Å². The number of carbonyl (C=O) groups is 1. The van der Waals surface area contributed by atoms with Gasteiger partial charge in [0.1, 0.15) is 17.2 Å². The topological polar surface area (TPSA) is 110 Å². The number of fused-ring (bicyclic) bond motifs is 3. The number of aryl methyl sites for hydroxylation is 1. The van der Waals surface area contributed by atoms with Crippen LogP contribution in [0, 0.1) is 12.7 Å². The van der Waals surface area contributed by atoms with E-state index in [1.807, 2.05) is 18.2 Å². The number of aromatic nitrogens is 3. The van der Waals surface area contributed by atoms with E-state index in [1.165, 1.54) is 17.5 Å². The number of aromatic amines is 1. The number of H-pyrrole nitrogens is 1. The van der Waals surface area contributed by atoms with Crippen molar-refractivity contribution in [2.75, 3.05) is 54.9 Å². The maximum Gasteiger partial charge on any atom is 0.274 e. The Hall–Kier alpha value is -4.48. The fraction of sp³-hybridized carbons (Fsp3) is 0.400. The maximum absolute atomic E-state index is 16.1. The number of hydrogen-bond acceptors (Lipinski definition) is 7. The number of rotatable bonds is 6. The summed E-state index contributed by atoms with van der Waals surface area (Å²) in [7, 11) is 2.11. The zero-order valence-corrected chi connectivity index (χ0v) is 26.4. The van der Waals surface area contributed by atoms with Crippen molar-refractivity contribution in [3.05, 3.63) is 87.0 Å². The van der Waals surface area contributed by atoms with Crippen LogP contribution in [0.15, 0.2) is 47.5 Å². The van der Waals surface area contributed by atoms with Gasteiger partial charge in [-0.3, -0.25) is 9.59 Å². The Kier molecular flexibility index (Phi) is 8.12. The van der Waals surface area contributed by atoms with E-state index in [4.69, 9.17) is 0 Å².